The molecule has 44 heavy (non-hydrogen) atoms. The number of allylic oxidation sites excluding steroid dienone is 7. The first-order chi connectivity index (χ1) is 21.4. The van der Waals surface area contributed by atoms with Gasteiger partial charge in [0.2, 0.25) is 5.91 Å². The first-order valence-electron chi connectivity index (χ1n) is 17.3. The molecule has 9 heteroatoms. The van der Waals surface area contributed by atoms with E-state index in [1.807, 2.05) is 6.08 Å². The molecule has 5 N–H and O–H groups in total. The average Bonchev–Trinajstić information content (AvgIpc) is 3.01. The van der Waals surface area contributed by atoms with Crippen LogP contribution < -0.4 is 11.1 Å². The second-order valence-corrected chi connectivity index (χ2v) is 12.8. The van der Waals surface area contributed by atoms with E-state index in [0.717, 1.165) is 57.8 Å². The van der Waals surface area contributed by atoms with Crippen molar-refractivity contribution < 1.29 is 28.4 Å². The summed E-state index contributed by atoms with van der Waals surface area (Å²) in [6.07, 6.45) is 36.0. The standard InChI is InChI=1S/C35H65N2O6P/c1-3-5-7-9-11-13-14-15-16-17-18-19-20-21-23-25-27-29-35(39)37-33(32-43-44(40,41)42-31-30-36)34(38)28-26-24-22-12-10-8-6-4-2/h10-13,15-16,26,28,33-34,38H,3-9,14,17-25,27,29-32,36H2,1-2H3,(H,37,39)(H,40,41)/b12-10+,13-11-,16-15-,28-26+. The fourth-order valence-corrected chi connectivity index (χ4v) is 5.21. The summed E-state index contributed by atoms with van der Waals surface area (Å²) in [5.41, 5.74) is 5.33. The van der Waals surface area contributed by atoms with Crippen LogP contribution >= 0.6 is 7.82 Å². The zero-order chi connectivity index (χ0) is 32.6. The molecule has 0 heterocycles. The molecule has 3 atom stereocenters. The highest BCUT2D eigenvalue weighted by Gasteiger charge is 2.26. The zero-order valence-corrected chi connectivity index (χ0v) is 28.8. The molecule has 256 valence electrons. The second-order valence-electron chi connectivity index (χ2n) is 11.4. The number of hydrogen-bond acceptors (Lipinski definition) is 6. The number of hydrogen-bond donors (Lipinski definition) is 4. The summed E-state index contributed by atoms with van der Waals surface area (Å²) in [5.74, 6) is -0.219. The van der Waals surface area contributed by atoms with Gasteiger partial charge in [0, 0.05) is 13.0 Å². The zero-order valence-electron chi connectivity index (χ0n) is 27.9. The number of carbonyl (C=O) groups is 1. The van der Waals surface area contributed by atoms with Crippen molar-refractivity contribution in [3.05, 3.63) is 48.6 Å². The van der Waals surface area contributed by atoms with E-state index in [1.54, 1.807) is 6.08 Å². The third kappa shape index (κ3) is 29.2. The molecule has 0 fully saturated rings. The van der Waals surface area contributed by atoms with Crippen molar-refractivity contribution in [3.8, 4) is 0 Å². The Morgan fingerprint density at radius 2 is 1.30 bits per heavy atom. The van der Waals surface area contributed by atoms with Crippen LogP contribution in [-0.4, -0.2) is 47.8 Å². The number of rotatable bonds is 31. The maximum absolute atomic E-state index is 12.6. The van der Waals surface area contributed by atoms with Crippen LogP contribution in [0.3, 0.4) is 0 Å². The molecule has 0 aliphatic rings. The molecular formula is C35H65N2O6P. The van der Waals surface area contributed by atoms with Gasteiger partial charge < -0.3 is 21.1 Å². The minimum absolute atomic E-state index is 0.0705. The van der Waals surface area contributed by atoms with Gasteiger partial charge in [0.1, 0.15) is 0 Å². The van der Waals surface area contributed by atoms with E-state index in [4.69, 9.17) is 14.8 Å². The third-order valence-corrected chi connectivity index (χ3v) is 8.11. The van der Waals surface area contributed by atoms with E-state index >= 15 is 0 Å². The Balaban J connectivity index is 4.31. The second kappa shape index (κ2) is 31.4. The molecule has 0 aliphatic heterocycles. The van der Waals surface area contributed by atoms with Crippen molar-refractivity contribution in [2.45, 2.75) is 148 Å². The fraction of sp³-hybridized carbons (Fsp3) is 0.743. The van der Waals surface area contributed by atoms with Crippen LogP contribution in [0, 0.1) is 0 Å². The summed E-state index contributed by atoms with van der Waals surface area (Å²) >= 11 is 0. The molecule has 0 saturated heterocycles. The maximum Gasteiger partial charge on any atom is 0.472 e. The van der Waals surface area contributed by atoms with Crippen molar-refractivity contribution in [1.29, 1.82) is 0 Å². The van der Waals surface area contributed by atoms with Crippen molar-refractivity contribution in [2.75, 3.05) is 19.8 Å². The summed E-state index contributed by atoms with van der Waals surface area (Å²) in [6.45, 7) is 3.97. The van der Waals surface area contributed by atoms with Crippen LogP contribution in [0.1, 0.15) is 136 Å². The van der Waals surface area contributed by atoms with Crippen LogP contribution in [-0.2, 0) is 18.4 Å². The Kier molecular flexibility index (Phi) is 30.3. The SMILES string of the molecule is CCCC/C=C/CC/C=C/C(O)C(COP(=O)(O)OCCN)NC(=O)CCCCCCCCC/C=C\C/C=C\CCCCC. The van der Waals surface area contributed by atoms with E-state index in [9.17, 15) is 19.4 Å². The molecule has 0 aromatic carbocycles. The van der Waals surface area contributed by atoms with Crippen molar-refractivity contribution in [3.63, 3.8) is 0 Å². The monoisotopic (exact) mass is 640 g/mol. The van der Waals surface area contributed by atoms with E-state index in [0.29, 0.717) is 6.42 Å². The van der Waals surface area contributed by atoms with Crippen molar-refractivity contribution >= 4 is 13.7 Å². The number of phosphoric ester groups is 1. The largest absolute Gasteiger partial charge is 0.472 e. The highest BCUT2D eigenvalue weighted by atomic mass is 31.2. The molecule has 0 rings (SSSR count). The van der Waals surface area contributed by atoms with E-state index < -0.39 is 20.0 Å². The van der Waals surface area contributed by atoms with Gasteiger partial charge in [-0.3, -0.25) is 13.8 Å². The lowest BCUT2D eigenvalue weighted by Crippen LogP contribution is -2.45. The lowest BCUT2D eigenvalue weighted by atomic mass is 10.1. The van der Waals surface area contributed by atoms with Crippen LogP contribution in [0.5, 0.6) is 0 Å². The Hall–Kier alpha value is -1.54. The third-order valence-electron chi connectivity index (χ3n) is 7.13. The van der Waals surface area contributed by atoms with Gasteiger partial charge >= 0.3 is 7.82 Å². The minimum atomic E-state index is -4.33. The smallest absolute Gasteiger partial charge is 0.387 e. The van der Waals surface area contributed by atoms with E-state index in [2.05, 4.69) is 55.6 Å². The number of unbranched alkanes of at least 4 members (excludes halogenated alkanes) is 13. The van der Waals surface area contributed by atoms with Crippen LogP contribution in [0.4, 0.5) is 0 Å². The van der Waals surface area contributed by atoms with Gasteiger partial charge in [-0.1, -0.05) is 120 Å². The molecule has 3 unspecified atom stereocenters. The summed E-state index contributed by atoms with van der Waals surface area (Å²) in [6, 6.07) is -0.878. The van der Waals surface area contributed by atoms with Gasteiger partial charge in [0.25, 0.3) is 0 Å². The topological polar surface area (TPSA) is 131 Å². The quantitative estimate of drug-likeness (QED) is 0.0339. The molecule has 0 radical (unpaired) electrons. The number of aliphatic hydroxyl groups excluding tert-OH is 1. The Morgan fingerprint density at radius 3 is 1.95 bits per heavy atom. The van der Waals surface area contributed by atoms with Gasteiger partial charge in [-0.15, -0.1) is 0 Å². The lowest BCUT2D eigenvalue weighted by Gasteiger charge is -2.23. The van der Waals surface area contributed by atoms with Crippen LogP contribution in [0.25, 0.3) is 0 Å². The number of phosphoric acid groups is 1. The maximum atomic E-state index is 12.6. The van der Waals surface area contributed by atoms with E-state index in [1.165, 1.54) is 57.8 Å². The number of amides is 1. The van der Waals surface area contributed by atoms with Crippen LogP contribution in [0.15, 0.2) is 48.6 Å². The first kappa shape index (κ1) is 42.5. The predicted molar refractivity (Wildman–Crippen MR) is 184 cm³/mol. The molecule has 1 amide bonds. The Bertz CT molecular complexity index is 830. The molecule has 0 spiro atoms. The minimum Gasteiger partial charge on any atom is -0.387 e. The van der Waals surface area contributed by atoms with Crippen molar-refractivity contribution in [1.82, 2.24) is 5.32 Å². The van der Waals surface area contributed by atoms with Gasteiger partial charge in [-0.05, 0) is 57.8 Å². The summed E-state index contributed by atoms with van der Waals surface area (Å²) in [7, 11) is -4.33. The molecule has 0 aromatic rings. The molecule has 0 saturated carbocycles. The summed E-state index contributed by atoms with van der Waals surface area (Å²) < 4.78 is 21.9. The Morgan fingerprint density at radius 1 is 0.750 bits per heavy atom. The number of nitrogens with one attached hydrogen (secondary N) is 1. The van der Waals surface area contributed by atoms with Gasteiger partial charge in [-0.2, -0.15) is 0 Å². The number of carbonyl (C=O) groups excluding carboxylic acids is 1. The number of aliphatic hydroxyl groups is 1. The first-order valence-corrected chi connectivity index (χ1v) is 18.8. The van der Waals surface area contributed by atoms with Gasteiger partial charge in [0.05, 0.1) is 25.4 Å². The van der Waals surface area contributed by atoms with Gasteiger partial charge in [-0.25, -0.2) is 4.57 Å². The van der Waals surface area contributed by atoms with Crippen molar-refractivity contribution in [2.24, 2.45) is 5.73 Å². The van der Waals surface area contributed by atoms with Gasteiger partial charge in [0.15, 0.2) is 0 Å². The fourth-order valence-electron chi connectivity index (χ4n) is 4.45. The summed E-state index contributed by atoms with van der Waals surface area (Å²) in [4.78, 5) is 22.5. The summed E-state index contributed by atoms with van der Waals surface area (Å²) in [5, 5.41) is 13.5. The number of nitrogens with two attached hydrogens (primary N) is 1. The van der Waals surface area contributed by atoms with E-state index in [-0.39, 0.29) is 25.7 Å². The molecular weight excluding hydrogens is 575 g/mol. The normalized spacial score (nSPS) is 15.1. The lowest BCUT2D eigenvalue weighted by molar-refractivity contribution is -0.123. The van der Waals surface area contributed by atoms with Crippen LogP contribution in [0.2, 0.25) is 0 Å². The molecule has 8 nitrogen and oxygen atoms in total. The highest BCUT2D eigenvalue weighted by molar-refractivity contribution is 7.47. The Labute approximate surface area is 269 Å². The molecule has 0 aliphatic carbocycles. The predicted octanol–water partition coefficient (Wildman–Crippen LogP) is 8.60. The average molecular weight is 641 g/mol. The molecule has 0 aromatic heterocycles. The molecule has 0 bridgehead atoms. The highest BCUT2D eigenvalue weighted by Crippen LogP contribution is 2.43.